The Morgan fingerprint density at radius 1 is 0.500 bits per heavy atom. The highest BCUT2D eigenvalue weighted by molar-refractivity contribution is 5.23. The van der Waals surface area contributed by atoms with E-state index in [0.717, 1.165) is 40.1 Å². The van der Waals surface area contributed by atoms with Crippen molar-refractivity contribution in [2.75, 3.05) is 13.1 Å². The summed E-state index contributed by atoms with van der Waals surface area (Å²) in [6.07, 6.45) is 2.12. The highest BCUT2D eigenvalue weighted by atomic mass is 16.6. The van der Waals surface area contributed by atoms with Gasteiger partial charge in [-0.1, -0.05) is 157 Å². The zero-order valence-corrected chi connectivity index (χ0v) is 34.3. The fraction of sp³-hybridized carbons (Fsp3) is 0.360. The van der Waals surface area contributed by atoms with Crippen LogP contribution < -0.4 is 5.32 Å². The van der Waals surface area contributed by atoms with Crippen LogP contribution in [0.3, 0.4) is 0 Å². The first kappa shape index (κ1) is 41.7. The van der Waals surface area contributed by atoms with Crippen LogP contribution in [0.15, 0.2) is 152 Å². The molecule has 60 heavy (non-hydrogen) atoms. The molecule has 1 aromatic heterocycles. The molecule has 10 nitrogen and oxygen atoms in total. The van der Waals surface area contributed by atoms with Crippen molar-refractivity contribution in [1.29, 1.82) is 0 Å². The fourth-order valence-electron chi connectivity index (χ4n) is 8.28. The summed E-state index contributed by atoms with van der Waals surface area (Å²) in [4.78, 5) is 2.54. The van der Waals surface area contributed by atoms with Gasteiger partial charge in [-0.3, -0.25) is 4.90 Å². The van der Waals surface area contributed by atoms with Crippen LogP contribution in [0.5, 0.6) is 0 Å². The number of benzene rings is 5. The summed E-state index contributed by atoms with van der Waals surface area (Å²) in [6, 6.07) is 48.4. The smallest absolute Gasteiger partial charge is 0.115 e. The monoisotopic (exact) mass is 807 g/mol. The van der Waals surface area contributed by atoms with Gasteiger partial charge in [0.1, 0.15) is 30.5 Å². The number of rotatable bonds is 19. The molecule has 0 spiro atoms. The third kappa shape index (κ3) is 11.6. The molecule has 0 bridgehead atoms. The lowest BCUT2D eigenvalue weighted by atomic mass is 9.82. The lowest BCUT2D eigenvalue weighted by molar-refractivity contribution is -0.251. The van der Waals surface area contributed by atoms with E-state index in [1.807, 2.05) is 132 Å². The van der Waals surface area contributed by atoms with Gasteiger partial charge in [0.2, 0.25) is 0 Å². The predicted molar refractivity (Wildman–Crippen MR) is 231 cm³/mol. The molecule has 10 heteroatoms. The van der Waals surface area contributed by atoms with Gasteiger partial charge in [0, 0.05) is 13.1 Å². The third-order valence-corrected chi connectivity index (χ3v) is 11.5. The Kier molecular flexibility index (Phi) is 14.9. The van der Waals surface area contributed by atoms with E-state index in [4.69, 9.17) is 18.9 Å². The van der Waals surface area contributed by atoms with Crippen LogP contribution in [0.4, 0.5) is 0 Å². The van der Waals surface area contributed by atoms with Crippen molar-refractivity contribution in [3.05, 3.63) is 191 Å². The van der Waals surface area contributed by atoms with Gasteiger partial charge < -0.3 is 29.4 Å². The second kappa shape index (κ2) is 21.5. The van der Waals surface area contributed by atoms with Crippen LogP contribution in [-0.2, 0) is 65.0 Å². The minimum absolute atomic E-state index is 0.287. The molecule has 0 radical (unpaired) electrons. The Morgan fingerprint density at radius 2 is 0.933 bits per heavy atom. The van der Waals surface area contributed by atoms with Crippen molar-refractivity contribution in [2.24, 2.45) is 0 Å². The van der Waals surface area contributed by atoms with Crippen molar-refractivity contribution in [2.45, 2.75) is 102 Å². The molecule has 5 aromatic carbocycles. The van der Waals surface area contributed by atoms with Crippen molar-refractivity contribution in [3.63, 3.8) is 0 Å². The van der Waals surface area contributed by atoms with E-state index >= 15 is 0 Å². The molecule has 2 heterocycles. The van der Waals surface area contributed by atoms with Gasteiger partial charge in [0.15, 0.2) is 0 Å². The number of nitrogens with zero attached hydrogens (tertiary/aromatic N) is 4. The minimum atomic E-state index is -1.04. The SMILES string of the molecule is O[C@@H]1[C@@H](NCc2cn(Cc3ccc(CN4CCCCC4)cc3)nn2)[C@H](OCc2ccccc2)[C@@H](OCc2ccccc2)[C@H](OCc2ccccc2)[C@H]1OCc1ccccc1. The van der Waals surface area contributed by atoms with Gasteiger partial charge in [0.25, 0.3) is 0 Å². The summed E-state index contributed by atoms with van der Waals surface area (Å²) >= 11 is 0. The topological polar surface area (TPSA) is 103 Å². The number of aromatic nitrogens is 3. The zero-order chi connectivity index (χ0) is 40.8. The lowest BCUT2D eigenvalue weighted by Crippen LogP contribution is -2.69. The van der Waals surface area contributed by atoms with Gasteiger partial charge >= 0.3 is 0 Å². The average Bonchev–Trinajstić information content (AvgIpc) is 3.75. The molecule has 1 saturated heterocycles. The molecule has 8 rings (SSSR count). The fourth-order valence-corrected chi connectivity index (χ4v) is 8.28. The van der Waals surface area contributed by atoms with Crippen LogP contribution in [0.1, 0.15) is 58.3 Å². The van der Waals surface area contributed by atoms with E-state index in [0.29, 0.717) is 32.9 Å². The molecule has 2 N–H and O–H groups in total. The maximum Gasteiger partial charge on any atom is 0.115 e. The number of likely N-dealkylation sites (tertiary alicyclic amines) is 1. The largest absolute Gasteiger partial charge is 0.389 e. The number of aliphatic hydroxyl groups excluding tert-OH is 1. The first-order valence-electron chi connectivity index (χ1n) is 21.4. The van der Waals surface area contributed by atoms with Crippen LogP contribution in [0, 0.1) is 0 Å². The third-order valence-electron chi connectivity index (χ3n) is 11.5. The molecule has 2 fully saturated rings. The van der Waals surface area contributed by atoms with E-state index in [2.05, 4.69) is 44.8 Å². The normalized spacial score (nSPS) is 22.1. The summed E-state index contributed by atoms with van der Waals surface area (Å²) < 4.78 is 29.1. The van der Waals surface area contributed by atoms with E-state index in [1.54, 1.807) is 0 Å². The molecule has 6 aromatic rings. The van der Waals surface area contributed by atoms with E-state index in [-0.39, 0.29) is 6.61 Å². The summed E-state index contributed by atoms with van der Waals surface area (Å²) in [5, 5.41) is 25.2. The van der Waals surface area contributed by atoms with E-state index in [9.17, 15) is 5.11 Å². The first-order chi connectivity index (χ1) is 29.6. The molecule has 6 atom stereocenters. The summed E-state index contributed by atoms with van der Waals surface area (Å²) in [5.74, 6) is 0. The van der Waals surface area contributed by atoms with Crippen LogP contribution in [0.25, 0.3) is 0 Å². The number of ether oxygens (including phenoxy) is 4. The molecular weight excluding hydrogens is 751 g/mol. The molecule has 1 aliphatic heterocycles. The van der Waals surface area contributed by atoms with Crippen LogP contribution in [0.2, 0.25) is 0 Å². The number of piperidine rings is 1. The maximum atomic E-state index is 12.5. The van der Waals surface area contributed by atoms with Gasteiger partial charge in [-0.05, 0) is 59.3 Å². The second-order valence-corrected chi connectivity index (χ2v) is 16.0. The summed E-state index contributed by atoms with van der Waals surface area (Å²) in [5.41, 5.74) is 7.28. The standard InChI is InChI=1S/C50H57N5O5/c56-46-45(51-30-44-33-55(53-52-44)32-39-26-24-38(25-27-39)31-54-28-14-5-15-29-54)47(57-34-40-16-6-1-7-17-40)49(59-36-42-20-10-3-11-21-42)50(60-37-43-22-12-4-13-23-43)48(46)58-35-41-18-8-2-9-19-41/h1-4,6-13,16-27,33,45-51,56H,5,14-15,28-32,34-37H2/t45-,46-,47+,48+,49-,50-/m1/s1. The number of hydrogen-bond acceptors (Lipinski definition) is 9. The summed E-state index contributed by atoms with van der Waals surface area (Å²) in [6.45, 7) is 5.54. The highest BCUT2D eigenvalue weighted by Crippen LogP contribution is 2.33. The molecule has 0 unspecified atom stereocenters. The molecule has 0 amide bonds. The predicted octanol–water partition coefficient (Wildman–Crippen LogP) is 7.49. The molecular formula is C50H57N5O5. The molecule has 1 aliphatic carbocycles. The molecule has 1 saturated carbocycles. The first-order valence-corrected chi connectivity index (χ1v) is 21.4. The number of nitrogens with one attached hydrogen (secondary N) is 1. The van der Waals surface area contributed by atoms with Gasteiger partial charge in [-0.2, -0.15) is 0 Å². The van der Waals surface area contributed by atoms with E-state index in [1.165, 1.54) is 37.9 Å². The quantitative estimate of drug-likeness (QED) is 0.0863. The Hall–Kier alpha value is -5.04. The van der Waals surface area contributed by atoms with Crippen LogP contribution >= 0.6 is 0 Å². The highest BCUT2D eigenvalue weighted by Gasteiger charge is 2.53. The zero-order valence-electron chi connectivity index (χ0n) is 34.3. The van der Waals surface area contributed by atoms with Crippen molar-refractivity contribution < 1.29 is 24.1 Å². The van der Waals surface area contributed by atoms with Crippen LogP contribution in [-0.4, -0.2) is 74.7 Å². The Morgan fingerprint density at radius 3 is 1.43 bits per heavy atom. The Balaban J connectivity index is 1.04. The Bertz CT molecular complexity index is 2120. The number of hydrogen-bond donors (Lipinski definition) is 2. The van der Waals surface area contributed by atoms with Crippen molar-refractivity contribution in [1.82, 2.24) is 25.2 Å². The van der Waals surface area contributed by atoms with E-state index < -0.39 is 36.6 Å². The van der Waals surface area contributed by atoms with Gasteiger partial charge in [-0.25, -0.2) is 4.68 Å². The van der Waals surface area contributed by atoms with Gasteiger partial charge in [0.05, 0.1) is 50.9 Å². The summed E-state index contributed by atoms with van der Waals surface area (Å²) in [7, 11) is 0. The minimum Gasteiger partial charge on any atom is -0.389 e. The number of aliphatic hydroxyl groups is 1. The average molecular weight is 808 g/mol. The maximum absolute atomic E-state index is 12.5. The lowest BCUT2D eigenvalue weighted by Gasteiger charge is -2.49. The Labute approximate surface area is 354 Å². The molecule has 312 valence electrons. The van der Waals surface area contributed by atoms with Crippen molar-refractivity contribution in [3.8, 4) is 0 Å². The van der Waals surface area contributed by atoms with Crippen molar-refractivity contribution >= 4 is 0 Å². The second-order valence-electron chi connectivity index (χ2n) is 16.0. The molecule has 2 aliphatic rings. The van der Waals surface area contributed by atoms with Gasteiger partial charge in [-0.15, -0.1) is 5.10 Å².